The second-order valence-electron chi connectivity index (χ2n) is 3.21. The third-order valence-corrected chi connectivity index (χ3v) is 1.65. The molecule has 72 valence electrons. The molecular formula is C9H13NO3. The fourth-order valence-electron chi connectivity index (χ4n) is 0.958. The minimum Gasteiger partial charge on any atom is -0.447 e. The highest BCUT2D eigenvalue weighted by molar-refractivity contribution is 5.99. The van der Waals surface area contributed by atoms with Gasteiger partial charge in [0.15, 0.2) is 0 Å². The van der Waals surface area contributed by atoms with Gasteiger partial charge >= 0.3 is 6.09 Å². The first kappa shape index (κ1) is 9.77. The van der Waals surface area contributed by atoms with Crippen molar-refractivity contribution in [1.82, 2.24) is 4.90 Å². The Morgan fingerprint density at radius 3 is 2.77 bits per heavy atom. The number of nitrogens with zero attached hydrogens (tertiary/aromatic N) is 1. The van der Waals surface area contributed by atoms with Crippen molar-refractivity contribution >= 4 is 12.0 Å². The van der Waals surface area contributed by atoms with E-state index in [1.54, 1.807) is 6.08 Å². The fraction of sp³-hybridized carbons (Fsp3) is 0.556. The maximum Gasteiger partial charge on any atom is 0.416 e. The first-order valence-electron chi connectivity index (χ1n) is 4.27. The Balaban J connectivity index is 2.52. The first-order chi connectivity index (χ1) is 6.11. The van der Waals surface area contributed by atoms with Gasteiger partial charge in [-0.1, -0.05) is 19.9 Å². The number of carbonyl (C=O) groups is 2. The molecule has 0 unspecified atom stereocenters. The molecule has 0 N–H and O–H groups in total. The Morgan fingerprint density at radius 2 is 2.31 bits per heavy atom. The van der Waals surface area contributed by atoms with Crippen LogP contribution in [0.4, 0.5) is 4.79 Å². The summed E-state index contributed by atoms with van der Waals surface area (Å²) in [7, 11) is 0. The van der Waals surface area contributed by atoms with Crippen LogP contribution in [0.2, 0.25) is 0 Å². The van der Waals surface area contributed by atoms with E-state index in [9.17, 15) is 9.59 Å². The van der Waals surface area contributed by atoms with Crippen LogP contribution in [0.3, 0.4) is 0 Å². The van der Waals surface area contributed by atoms with Crippen molar-refractivity contribution in [1.29, 1.82) is 0 Å². The zero-order chi connectivity index (χ0) is 9.84. The topological polar surface area (TPSA) is 46.6 Å². The molecular weight excluding hydrogens is 170 g/mol. The molecule has 0 aliphatic carbocycles. The molecule has 0 aromatic carbocycles. The predicted molar refractivity (Wildman–Crippen MR) is 47.0 cm³/mol. The normalized spacial score (nSPS) is 17.2. The number of hydrogen-bond donors (Lipinski definition) is 0. The predicted octanol–water partition coefficient (Wildman–Crippen LogP) is 1.18. The van der Waals surface area contributed by atoms with Crippen molar-refractivity contribution in [2.45, 2.75) is 13.8 Å². The van der Waals surface area contributed by atoms with Gasteiger partial charge in [-0.2, -0.15) is 0 Å². The average molecular weight is 183 g/mol. The monoisotopic (exact) mass is 183 g/mol. The molecule has 1 rings (SSSR count). The van der Waals surface area contributed by atoms with Crippen molar-refractivity contribution in [2.75, 3.05) is 13.2 Å². The van der Waals surface area contributed by atoms with Crippen molar-refractivity contribution < 1.29 is 14.3 Å². The summed E-state index contributed by atoms with van der Waals surface area (Å²) in [6.45, 7) is 4.60. The van der Waals surface area contributed by atoms with E-state index < -0.39 is 6.09 Å². The van der Waals surface area contributed by atoms with E-state index in [-0.39, 0.29) is 5.91 Å². The number of cyclic esters (lactones) is 1. The zero-order valence-electron chi connectivity index (χ0n) is 7.82. The van der Waals surface area contributed by atoms with E-state index in [0.29, 0.717) is 19.1 Å². The lowest BCUT2D eigenvalue weighted by molar-refractivity contribution is -0.122. The van der Waals surface area contributed by atoms with Gasteiger partial charge in [0.25, 0.3) is 5.91 Å². The molecule has 1 heterocycles. The lowest BCUT2D eigenvalue weighted by atomic mass is 10.2. The standard InChI is InChI=1S/C9H13NO3/c1-7(2)3-4-8(11)10-5-6-13-9(10)12/h3-4,7H,5-6H2,1-2H3/b4-3+. The fourth-order valence-corrected chi connectivity index (χ4v) is 0.958. The van der Waals surface area contributed by atoms with Crippen molar-refractivity contribution in [3.8, 4) is 0 Å². The molecule has 4 nitrogen and oxygen atoms in total. The maximum absolute atomic E-state index is 11.3. The van der Waals surface area contributed by atoms with Gasteiger partial charge in [0.1, 0.15) is 6.61 Å². The number of hydrogen-bond acceptors (Lipinski definition) is 3. The Morgan fingerprint density at radius 1 is 1.62 bits per heavy atom. The van der Waals surface area contributed by atoms with Crippen LogP contribution in [0.15, 0.2) is 12.2 Å². The minimum atomic E-state index is -0.543. The summed E-state index contributed by atoms with van der Waals surface area (Å²) in [4.78, 5) is 23.3. The Labute approximate surface area is 77.2 Å². The highest BCUT2D eigenvalue weighted by atomic mass is 16.6. The Kier molecular flexibility index (Phi) is 3.06. The smallest absolute Gasteiger partial charge is 0.416 e. The molecule has 0 radical (unpaired) electrons. The van der Waals surface area contributed by atoms with Crippen molar-refractivity contribution in [2.24, 2.45) is 5.92 Å². The van der Waals surface area contributed by atoms with E-state index >= 15 is 0 Å². The largest absolute Gasteiger partial charge is 0.447 e. The molecule has 1 saturated heterocycles. The van der Waals surface area contributed by atoms with Gasteiger partial charge in [-0.25, -0.2) is 9.69 Å². The molecule has 0 saturated carbocycles. The highest BCUT2D eigenvalue weighted by Gasteiger charge is 2.26. The summed E-state index contributed by atoms with van der Waals surface area (Å²) in [6.07, 6.45) is 2.63. The number of amides is 2. The van der Waals surface area contributed by atoms with Crippen LogP contribution < -0.4 is 0 Å². The zero-order valence-corrected chi connectivity index (χ0v) is 7.82. The van der Waals surface area contributed by atoms with Gasteiger partial charge in [0, 0.05) is 0 Å². The second-order valence-corrected chi connectivity index (χ2v) is 3.21. The molecule has 0 aromatic rings. The number of imide groups is 1. The van der Waals surface area contributed by atoms with Gasteiger partial charge in [-0.3, -0.25) is 4.79 Å². The lowest BCUT2D eigenvalue weighted by Gasteiger charge is -2.06. The van der Waals surface area contributed by atoms with Crippen LogP contribution in [-0.4, -0.2) is 30.1 Å². The third kappa shape index (κ3) is 2.57. The Hall–Kier alpha value is -1.32. The first-order valence-corrected chi connectivity index (χ1v) is 4.27. The summed E-state index contributed by atoms with van der Waals surface area (Å²) < 4.78 is 4.63. The summed E-state index contributed by atoms with van der Waals surface area (Å²) in [5.41, 5.74) is 0. The van der Waals surface area contributed by atoms with Crippen LogP contribution in [0, 0.1) is 5.92 Å². The molecule has 1 fully saturated rings. The summed E-state index contributed by atoms with van der Waals surface area (Å²) in [5.74, 6) is 0.0128. The number of allylic oxidation sites excluding steroid dienone is 1. The molecule has 0 spiro atoms. The van der Waals surface area contributed by atoms with Crippen LogP contribution in [0.5, 0.6) is 0 Å². The van der Waals surface area contributed by atoms with E-state index in [2.05, 4.69) is 4.74 Å². The van der Waals surface area contributed by atoms with Gasteiger partial charge in [-0.15, -0.1) is 0 Å². The summed E-state index contributed by atoms with van der Waals surface area (Å²) in [5, 5.41) is 0. The molecule has 0 aromatic heterocycles. The molecule has 4 heteroatoms. The summed E-state index contributed by atoms with van der Waals surface area (Å²) >= 11 is 0. The second kappa shape index (κ2) is 4.07. The van der Waals surface area contributed by atoms with Crippen molar-refractivity contribution in [3.63, 3.8) is 0 Å². The number of rotatable bonds is 2. The third-order valence-electron chi connectivity index (χ3n) is 1.65. The van der Waals surface area contributed by atoms with Crippen LogP contribution >= 0.6 is 0 Å². The van der Waals surface area contributed by atoms with E-state index in [1.165, 1.54) is 6.08 Å². The molecule has 2 amide bonds. The van der Waals surface area contributed by atoms with Gasteiger partial charge in [0.05, 0.1) is 6.54 Å². The van der Waals surface area contributed by atoms with Crippen molar-refractivity contribution in [3.05, 3.63) is 12.2 Å². The Bertz CT molecular complexity index is 245. The molecule has 0 bridgehead atoms. The summed E-state index contributed by atoms with van der Waals surface area (Å²) in [6, 6.07) is 0. The lowest BCUT2D eigenvalue weighted by Crippen LogP contribution is -2.29. The molecule has 0 atom stereocenters. The van der Waals surface area contributed by atoms with E-state index in [0.717, 1.165) is 4.90 Å². The average Bonchev–Trinajstić information content (AvgIpc) is 2.47. The van der Waals surface area contributed by atoms with Crippen LogP contribution in [-0.2, 0) is 9.53 Å². The van der Waals surface area contributed by atoms with Crippen LogP contribution in [0.1, 0.15) is 13.8 Å². The highest BCUT2D eigenvalue weighted by Crippen LogP contribution is 2.04. The van der Waals surface area contributed by atoms with Gasteiger partial charge in [0.2, 0.25) is 0 Å². The SMILES string of the molecule is CC(C)/C=C/C(=O)N1CCOC1=O. The van der Waals surface area contributed by atoms with Gasteiger partial charge in [-0.05, 0) is 12.0 Å². The van der Waals surface area contributed by atoms with Gasteiger partial charge < -0.3 is 4.74 Å². The molecule has 13 heavy (non-hydrogen) atoms. The number of ether oxygens (including phenoxy) is 1. The quantitative estimate of drug-likeness (QED) is 0.604. The van der Waals surface area contributed by atoms with E-state index in [1.807, 2.05) is 13.8 Å². The molecule has 1 aliphatic heterocycles. The number of carbonyl (C=O) groups excluding carboxylic acids is 2. The minimum absolute atomic E-state index is 0.295. The molecule has 1 aliphatic rings. The van der Waals surface area contributed by atoms with E-state index in [4.69, 9.17) is 0 Å². The van der Waals surface area contributed by atoms with Crippen LogP contribution in [0.25, 0.3) is 0 Å². The maximum atomic E-state index is 11.3.